The van der Waals surface area contributed by atoms with E-state index in [1.807, 2.05) is 29.2 Å². The van der Waals surface area contributed by atoms with Crippen molar-refractivity contribution in [2.75, 3.05) is 26.4 Å². The largest absolute Gasteiger partial charge is 0.480 e. The van der Waals surface area contributed by atoms with Crippen molar-refractivity contribution in [1.82, 2.24) is 4.90 Å². The van der Waals surface area contributed by atoms with Gasteiger partial charge in [0.15, 0.2) is 0 Å². The third kappa shape index (κ3) is 3.53. The van der Waals surface area contributed by atoms with E-state index in [1.165, 1.54) is 5.56 Å². The lowest BCUT2D eigenvalue weighted by Gasteiger charge is -2.34. The summed E-state index contributed by atoms with van der Waals surface area (Å²) in [4.78, 5) is 13.3. The molecule has 2 N–H and O–H groups in total. The predicted molar refractivity (Wildman–Crippen MR) is 69.9 cm³/mol. The highest BCUT2D eigenvalue weighted by molar-refractivity contribution is 5.74. The number of ether oxygens (including phenoxy) is 1. The van der Waals surface area contributed by atoms with Gasteiger partial charge in [0.25, 0.3) is 0 Å². The minimum Gasteiger partial charge on any atom is -0.480 e. The summed E-state index contributed by atoms with van der Waals surface area (Å²) >= 11 is 0. The summed E-state index contributed by atoms with van der Waals surface area (Å²) in [5.41, 5.74) is 2.30. The van der Waals surface area contributed by atoms with Crippen molar-refractivity contribution in [1.29, 1.82) is 0 Å². The van der Waals surface area contributed by atoms with Gasteiger partial charge in [0, 0.05) is 13.1 Å². The van der Waals surface area contributed by atoms with E-state index in [-0.39, 0.29) is 6.61 Å². The van der Waals surface area contributed by atoms with Gasteiger partial charge < -0.3 is 14.9 Å². The van der Waals surface area contributed by atoms with E-state index in [2.05, 4.69) is 0 Å². The van der Waals surface area contributed by atoms with Crippen LogP contribution in [0.4, 0.5) is 0 Å². The lowest BCUT2D eigenvalue weighted by atomic mass is 9.94. The van der Waals surface area contributed by atoms with Gasteiger partial charge in [-0.2, -0.15) is 0 Å². The van der Waals surface area contributed by atoms with E-state index in [0.717, 1.165) is 5.56 Å². The number of hydrogen-bond donors (Lipinski definition) is 2. The minimum atomic E-state index is -0.795. The predicted octanol–water partition coefficient (Wildman–Crippen LogP) is 0.507. The molecule has 5 nitrogen and oxygen atoms in total. The SMILES string of the molecule is O=C(O)C1Cc2ccccc2CN1CCOCCO. The topological polar surface area (TPSA) is 70.0 Å². The van der Waals surface area contributed by atoms with Gasteiger partial charge in [-0.3, -0.25) is 9.69 Å². The molecule has 104 valence electrons. The van der Waals surface area contributed by atoms with Crippen molar-refractivity contribution >= 4 is 5.97 Å². The molecule has 1 aliphatic heterocycles. The van der Waals surface area contributed by atoms with Crippen LogP contribution in [-0.2, 0) is 22.5 Å². The van der Waals surface area contributed by atoms with Crippen molar-refractivity contribution in [2.24, 2.45) is 0 Å². The number of aliphatic hydroxyl groups excluding tert-OH is 1. The van der Waals surface area contributed by atoms with Gasteiger partial charge in [0.05, 0.1) is 19.8 Å². The Balaban J connectivity index is 2.02. The molecule has 1 unspecified atom stereocenters. The highest BCUT2D eigenvalue weighted by Gasteiger charge is 2.30. The number of carboxylic acids is 1. The first-order chi connectivity index (χ1) is 9.22. The van der Waals surface area contributed by atoms with Crippen LogP contribution in [0.3, 0.4) is 0 Å². The van der Waals surface area contributed by atoms with Crippen LogP contribution in [0.25, 0.3) is 0 Å². The van der Waals surface area contributed by atoms with E-state index in [9.17, 15) is 9.90 Å². The maximum Gasteiger partial charge on any atom is 0.321 e. The van der Waals surface area contributed by atoms with Crippen molar-refractivity contribution < 1.29 is 19.7 Å². The summed E-state index contributed by atoms with van der Waals surface area (Å²) in [6.45, 7) is 1.92. The quantitative estimate of drug-likeness (QED) is 0.733. The van der Waals surface area contributed by atoms with E-state index < -0.39 is 12.0 Å². The first-order valence-electron chi connectivity index (χ1n) is 6.44. The molecule has 1 atom stereocenters. The van der Waals surface area contributed by atoms with Crippen LogP contribution < -0.4 is 0 Å². The van der Waals surface area contributed by atoms with Crippen LogP contribution in [0.5, 0.6) is 0 Å². The molecule has 0 saturated carbocycles. The van der Waals surface area contributed by atoms with Crippen LogP contribution in [-0.4, -0.2) is 53.5 Å². The number of carbonyl (C=O) groups is 1. The molecule has 0 aliphatic carbocycles. The molecular formula is C14H19NO4. The second-order valence-electron chi connectivity index (χ2n) is 4.63. The molecule has 1 aromatic carbocycles. The number of aliphatic carboxylic acids is 1. The third-order valence-electron chi connectivity index (χ3n) is 3.39. The summed E-state index contributed by atoms with van der Waals surface area (Å²) in [6, 6.07) is 7.45. The molecule has 0 spiro atoms. The smallest absolute Gasteiger partial charge is 0.321 e. The molecule has 1 heterocycles. The Bertz CT molecular complexity index is 435. The maximum atomic E-state index is 11.3. The number of carboxylic acid groups (broad SMARTS) is 1. The molecule has 0 fully saturated rings. The minimum absolute atomic E-state index is 0.00874. The Labute approximate surface area is 112 Å². The standard InChI is InChI=1S/C14H19NO4/c16-6-8-19-7-5-15-10-12-4-2-1-3-11(12)9-13(15)14(17)18/h1-4,13,16H,5-10H2,(H,17,18). The molecule has 0 amide bonds. The van der Waals surface area contributed by atoms with Crippen molar-refractivity contribution in [3.8, 4) is 0 Å². The zero-order valence-electron chi connectivity index (χ0n) is 10.8. The van der Waals surface area contributed by atoms with E-state index in [4.69, 9.17) is 9.84 Å². The van der Waals surface area contributed by atoms with Gasteiger partial charge in [-0.05, 0) is 17.5 Å². The van der Waals surface area contributed by atoms with Crippen LogP contribution in [0.15, 0.2) is 24.3 Å². The number of benzene rings is 1. The average Bonchev–Trinajstić information content (AvgIpc) is 2.42. The van der Waals surface area contributed by atoms with E-state index >= 15 is 0 Å². The second-order valence-corrected chi connectivity index (χ2v) is 4.63. The molecule has 1 aromatic rings. The number of rotatable bonds is 6. The van der Waals surface area contributed by atoms with Crippen LogP contribution >= 0.6 is 0 Å². The Morgan fingerprint density at radius 3 is 2.74 bits per heavy atom. The van der Waals surface area contributed by atoms with Gasteiger partial charge in [0.2, 0.25) is 0 Å². The third-order valence-corrected chi connectivity index (χ3v) is 3.39. The molecular weight excluding hydrogens is 246 g/mol. The fourth-order valence-corrected chi connectivity index (χ4v) is 2.40. The number of nitrogens with zero attached hydrogens (tertiary/aromatic N) is 1. The maximum absolute atomic E-state index is 11.3. The first kappa shape index (κ1) is 14.0. The summed E-state index contributed by atoms with van der Waals surface area (Å²) in [5.74, 6) is -0.795. The van der Waals surface area contributed by atoms with Gasteiger partial charge in [-0.25, -0.2) is 0 Å². The Kier molecular flexibility index (Phi) is 4.90. The molecule has 2 rings (SSSR count). The monoisotopic (exact) mass is 265 g/mol. The molecule has 19 heavy (non-hydrogen) atoms. The fraction of sp³-hybridized carbons (Fsp3) is 0.500. The van der Waals surface area contributed by atoms with Crippen LogP contribution in [0.1, 0.15) is 11.1 Å². The van der Waals surface area contributed by atoms with Gasteiger partial charge >= 0.3 is 5.97 Å². The number of hydrogen-bond acceptors (Lipinski definition) is 4. The Morgan fingerprint density at radius 1 is 1.32 bits per heavy atom. The molecule has 0 bridgehead atoms. The highest BCUT2D eigenvalue weighted by Crippen LogP contribution is 2.23. The Hall–Kier alpha value is -1.43. The average molecular weight is 265 g/mol. The lowest BCUT2D eigenvalue weighted by Crippen LogP contribution is -2.46. The van der Waals surface area contributed by atoms with Gasteiger partial charge in [-0.1, -0.05) is 24.3 Å². The summed E-state index contributed by atoms with van der Waals surface area (Å²) in [7, 11) is 0. The second kappa shape index (κ2) is 6.65. The van der Waals surface area contributed by atoms with Gasteiger partial charge in [-0.15, -0.1) is 0 Å². The summed E-state index contributed by atoms with van der Waals surface area (Å²) in [5, 5.41) is 18.0. The first-order valence-corrected chi connectivity index (χ1v) is 6.44. The van der Waals surface area contributed by atoms with Crippen LogP contribution in [0.2, 0.25) is 0 Å². The molecule has 5 heteroatoms. The fourth-order valence-electron chi connectivity index (χ4n) is 2.40. The van der Waals surface area contributed by atoms with Crippen LogP contribution in [0, 0.1) is 0 Å². The van der Waals surface area contributed by atoms with Crippen molar-refractivity contribution in [2.45, 2.75) is 19.0 Å². The molecule has 1 aliphatic rings. The Morgan fingerprint density at radius 2 is 2.05 bits per heavy atom. The summed E-state index contributed by atoms with van der Waals surface area (Å²) < 4.78 is 5.22. The van der Waals surface area contributed by atoms with Gasteiger partial charge in [0.1, 0.15) is 6.04 Å². The number of fused-ring (bicyclic) bond motifs is 1. The van der Waals surface area contributed by atoms with E-state index in [1.54, 1.807) is 0 Å². The zero-order valence-corrected chi connectivity index (χ0v) is 10.8. The zero-order chi connectivity index (χ0) is 13.7. The van der Waals surface area contributed by atoms with E-state index in [0.29, 0.717) is 32.7 Å². The molecule has 0 saturated heterocycles. The molecule has 0 aromatic heterocycles. The number of aliphatic hydroxyl groups is 1. The lowest BCUT2D eigenvalue weighted by molar-refractivity contribution is -0.144. The highest BCUT2D eigenvalue weighted by atomic mass is 16.5. The van der Waals surface area contributed by atoms with Crippen molar-refractivity contribution in [3.63, 3.8) is 0 Å². The van der Waals surface area contributed by atoms with Crippen molar-refractivity contribution in [3.05, 3.63) is 35.4 Å². The molecule has 0 radical (unpaired) electrons. The normalized spacial score (nSPS) is 19.1. The summed E-state index contributed by atoms with van der Waals surface area (Å²) in [6.07, 6.45) is 0.533.